The van der Waals surface area contributed by atoms with Gasteiger partial charge in [0, 0.05) is 12.5 Å². The fraction of sp³-hybridized carbons (Fsp3) is 0.375. The lowest BCUT2D eigenvalue weighted by molar-refractivity contribution is -0.140. The van der Waals surface area contributed by atoms with E-state index in [1.165, 1.54) is 6.08 Å². The second-order valence-corrected chi connectivity index (χ2v) is 4.40. The minimum Gasteiger partial charge on any atom is -0.458 e. The van der Waals surface area contributed by atoms with Gasteiger partial charge in [-0.25, -0.2) is 0 Å². The molecule has 4 nitrogen and oxygen atoms in total. The molecule has 102 valence electrons. The fourth-order valence-corrected chi connectivity index (χ4v) is 1.84. The first-order valence-electron chi connectivity index (χ1n) is 6.29. The molecule has 2 heterocycles. The third-order valence-electron chi connectivity index (χ3n) is 2.90. The van der Waals surface area contributed by atoms with Gasteiger partial charge in [0.25, 0.3) is 0 Å². The predicted molar refractivity (Wildman–Crippen MR) is 72.2 cm³/mol. The van der Waals surface area contributed by atoms with E-state index in [1.54, 1.807) is 18.2 Å². The number of carbonyl (C=O) groups is 1. The zero-order chi connectivity index (χ0) is 14.4. The van der Waals surface area contributed by atoms with Crippen molar-refractivity contribution in [3.63, 3.8) is 0 Å². The first-order chi connectivity index (χ1) is 9.70. The van der Waals surface area contributed by atoms with Gasteiger partial charge < -0.3 is 14.6 Å². The van der Waals surface area contributed by atoms with Crippen molar-refractivity contribution >= 4 is 5.97 Å². The molecule has 20 heavy (non-hydrogen) atoms. The smallest absolute Gasteiger partial charge is 0.306 e. The average molecular weight is 270 g/mol. The molecule has 2 aliphatic rings. The van der Waals surface area contributed by atoms with Crippen molar-refractivity contribution in [2.24, 2.45) is 0 Å². The first kappa shape index (κ1) is 14.2. The Morgan fingerprint density at radius 3 is 3.05 bits per heavy atom. The molecule has 0 spiro atoms. The quantitative estimate of drug-likeness (QED) is 0.269. The Labute approximate surface area is 117 Å². The SMILES string of the molecule is C#CC#CC=C=C[C@@H]1O[C@H]1[C@H](O)/C=C/C1CCC(=O)O1. The minimum absolute atomic E-state index is 0.176. The molecule has 1 N–H and O–H groups in total. The maximum absolute atomic E-state index is 10.9. The molecule has 2 aliphatic heterocycles. The highest BCUT2D eigenvalue weighted by molar-refractivity contribution is 5.71. The van der Waals surface area contributed by atoms with Crippen LogP contribution in [0.1, 0.15) is 12.8 Å². The summed E-state index contributed by atoms with van der Waals surface area (Å²) >= 11 is 0. The normalized spacial score (nSPS) is 28.6. The molecule has 0 aromatic rings. The van der Waals surface area contributed by atoms with E-state index in [2.05, 4.69) is 23.5 Å². The molecular formula is C16H14O4. The van der Waals surface area contributed by atoms with Crippen molar-refractivity contribution in [3.8, 4) is 24.2 Å². The topological polar surface area (TPSA) is 59.1 Å². The number of hydrogen-bond acceptors (Lipinski definition) is 4. The molecule has 0 aromatic heterocycles. The lowest BCUT2D eigenvalue weighted by Crippen LogP contribution is -2.14. The lowest BCUT2D eigenvalue weighted by Gasteiger charge is -2.04. The summed E-state index contributed by atoms with van der Waals surface area (Å²) in [6.45, 7) is 0. The van der Waals surface area contributed by atoms with E-state index in [0.29, 0.717) is 12.8 Å². The maximum atomic E-state index is 10.9. The van der Waals surface area contributed by atoms with Crippen LogP contribution in [-0.4, -0.2) is 35.5 Å². The molecular weight excluding hydrogens is 256 g/mol. The summed E-state index contributed by atoms with van der Waals surface area (Å²) in [6.07, 6.45) is 11.1. The van der Waals surface area contributed by atoms with Gasteiger partial charge in [0.2, 0.25) is 0 Å². The first-order valence-corrected chi connectivity index (χ1v) is 6.29. The van der Waals surface area contributed by atoms with Gasteiger partial charge in [-0.1, -0.05) is 12.0 Å². The van der Waals surface area contributed by atoms with E-state index in [-0.39, 0.29) is 24.3 Å². The van der Waals surface area contributed by atoms with Crippen molar-refractivity contribution < 1.29 is 19.4 Å². The van der Waals surface area contributed by atoms with Crippen LogP contribution in [-0.2, 0) is 14.3 Å². The molecule has 2 fully saturated rings. The number of aliphatic hydroxyl groups is 1. The summed E-state index contributed by atoms with van der Waals surface area (Å²) in [7, 11) is 0. The number of rotatable bonds is 4. The van der Waals surface area contributed by atoms with Gasteiger partial charge in [0.05, 0.1) is 0 Å². The summed E-state index contributed by atoms with van der Waals surface area (Å²) in [4.78, 5) is 10.9. The Balaban J connectivity index is 1.77. The predicted octanol–water partition coefficient (Wildman–Crippen LogP) is 0.724. The molecule has 4 heteroatoms. The van der Waals surface area contributed by atoms with Crippen molar-refractivity contribution in [3.05, 3.63) is 30.0 Å². The van der Waals surface area contributed by atoms with Crippen LogP contribution in [0.3, 0.4) is 0 Å². The van der Waals surface area contributed by atoms with E-state index in [0.717, 1.165) is 0 Å². The molecule has 1 unspecified atom stereocenters. The number of carbonyl (C=O) groups excluding carboxylic acids is 1. The van der Waals surface area contributed by atoms with Crippen LogP contribution in [0.25, 0.3) is 0 Å². The second-order valence-electron chi connectivity index (χ2n) is 4.40. The highest BCUT2D eigenvalue weighted by atomic mass is 16.6. The fourth-order valence-electron chi connectivity index (χ4n) is 1.84. The Morgan fingerprint density at radius 2 is 2.35 bits per heavy atom. The standard InChI is InChI=1S/C16H14O4/c1-2-3-4-5-6-7-14-16(20-14)13(17)10-8-12-9-11-15(18)19-12/h1,5,7-8,10,12-14,16-17H,9,11H2/b10-8+/t6?,12?,13-,14+,16+/m1/s1. The third-order valence-corrected chi connectivity index (χ3v) is 2.90. The van der Waals surface area contributed by atoms with E-state index in [1.807, 2.05) is 0 Å². The molecule has 2 rings (SSSR count). The molecule has 0 aliphatic carbocycles. The summed E-state index contributed by atoms with van der Waals surface area (Å²) in [6, 6.07) is 0. The number of aliphatic hydroxyl groups excluding tert-OH is 1. The van der Waals surface area contributed by atoms with Gasteiger partial charge in [0.15, 0.2) is 0 Å². The highest BCUT2D eigenvalue weighted by Gasteiger charge is 2.41. The maximum Gasteiger partial charge on any atom is 0.306 e. The zero-order valence-corrected chi connectivity index (χ0v) is 10.8. The largest absolute Gasteiger partial charge is 0.458 e. The lowest BCUT2D eigenvalue weighted by atomic mass is 10.1. The zero-order valence-electron chi connectivity index (χ0n) is 10.8. The Kier molecular flexibility index (Phi) is 4.82. The minimum atomic E-state index is -0.728. The molecule has 4 atom stereocenters. The highest BCUT2D eigenvalue weighted by Crippen LogP contribution is 2.27. The molecule has 0 aromatic carbocycles. The number of esters is 1. The number of ether oxygens (including phenoxy) is 2. The molecule has 0 amide bonds. The van der Waals surface area contributed by atoms with Crippen molar-refractivity contribution in [1.29, 1.82) is 0 Å². The van der Waals surface area contributed by atoms with Crippen LogP contribution in [0, 0.1) is 24.2 Å². The molecule has 2 saturated heterocycles. The van der Waals surface area contributed by atoms with Gasteiger partial charge in [-0.15, -0.1) is 12.2 Å². The van der Waals surface area contributed by atoms with Gasteiger partial charge in [-0.3, -0.25) is 4.79 Å². The van der Waals surface area contributed by atoms with E-state index < -0.39 is 6.10 Å². The Hall–Kier alpha value is -2.23. The van der Waals surface area contributed by atoms with Crippen molar-refractivity contribution in [2.75, 3.05) is 0 Å². The third kappa shape index (κ3) is 4.16. The van der Waals surface area contributed by atoms with Crippen molar-refractivity contribution in [1.82, 2.24) is 0 Å². The van der Waals surface area contributed by atoms with Gasteiger partial charge in [-0.2, -0.15) is 0 Å². The van der Waals surface area contributed by atoms with Crippen molar-refractivity contribution in [2.45, 2.75) is 37.3 Å². The van der Waals surface area contributed by atoms with E-state index in [4.69, 9.17) is 15.9 Å². The van der Waals surface area contributed by atoms with Gasteiger partial charge >= 0.3 is 5.97 Å². The van der Waals surface area contributed by atoms with E-state index >= 15 is 0 Å². The second kappa shape index (κ2) is 6.80. The van der Waals surface area contributed by atoms with Gasteiger partial charge in [-0.05, 0) is 30.4 Å². The van der Waals surface area contributed by atoms with Crippen LogP contribution >= 0.6 is 0 Å². The molecule has 0 saturated carbocycles. The number of terminal acetylenes is 1. The number of epoxide rings is 1. The summed E-state index contributed by atoms with van der Waals surface area (Å²) < 4.78 is 10.3. The number of hydrogen-bond donors (Lipinski definition) is 1. The van der Waals surface area contributed by atoms with E-state index in [9.17, 15) is 9.90 Å². The molecule has 0 radical (unpaired) electrons. The summed E-state index contributed by atoms with van der Waals surface area (Å²) in [5, 5.41) is 9.86. The van der Waals surface area contributed by atoms with Crippen LogP contribution < -0.4 is 0 Å². The average Bonchev–Trinajstić information content (AvgIpc) is 3.10. The monoisotopic (exact) mass is 270 g/mol. The Bertz CT molecular complexity index is 564. The Morgan fingerprint density at radius 1 is 1.50 bits per heavy atom. The van der Waals surface area contributed by atoms with Crippen LogP contribution in [0.5, 0.6) is 0 Å². The summed E-state index contributed by atoms with van der Waals surface area (Å²) in [5.74, 6) is 7.01. The number of cyclic esters (lactones) is 1. The van der Waals surface area contributed by atoms with Crippen LogP contribution in [0.15, 0.2) is 30.0 Å². The van der Waals surface area contributed by atoms with Crippen LogP contribution in [0.2, 0.25) is 0 Å². The van der Waals surface area contributed by atoms with Gasteiger partial charge in [0.1, 0.15) is 24.4 Å². The van der Waals surface area contributed by atoms with Crippen LogP contribution in [0.4, 0.5) is 0 Å². The summed E-state index contributed by atoms with van der Waals surface area (Å²) in [5.41, 5.74) is 2.82. The molecule has 0 bridgehead atoms.